The van der Waals surface area contributed by atoms with Gasteiger partial charge in [-0.15, -0.1) is 0 Å². The van der Waals surface area contributed by atoms with Crippen molar-refractivity contribution in [1.29, 1.82) is 0 Å². The summed E-state index contributed by atoms with van der Waals surface area (Å²) >= 11 is 0. The molecule has 8 saturated carbocycles. The molecule has 0 N–H and O–H groups in total. The summed E-state index contributed by atoms with van der Waals surface area (Å²) < 4.78 is 100. The first-order valence-corrected chi connectivity index (χ1v) is 47.4. The van der Waals surface area contributed by atoms with E-state index < -0.39 is 91.0 Å². The molecule has 8 fully saturated rings. The molecule has 0 aliphatic heterocycles. The van der Waals surface area contributed by atoms with Gasteiger partial charge in [-0.1, -0.05) is 315 Å². The van der Waals surface area contributed by atoms with E-state index in [1.807, 2.05) is 0 Å². The number of hydrogen-bond acceptors (Lipinski definition) is 16. The molecule has 0 aromatic rings. The van der Waals surface area contributed by atoms with Crippen LogP contribution in [-0.2, 0) is 58.4 Å². The maximum absolute atomic E-state index is 14.1. The minimum Gasteiger partial charge on any atom is -0.747 e. The summed E-state index contributed by atoms with van der Waals surface area (Å²) in [6.07, 6.45) is 47.7. The number of carboxylic acids is 2. The van der Waals surface area contributed by atoms with Gasteiger partial charge in [0.05, 0.1) is 58.1 Å². The summed E-state index contributed by atoms with van der Waals surface area (Å²) in [5, 5.41) is 18.8. The first kappa shape index (κ1) is 108. The van der Waals surface area contributed by atoms with Gasteiger partial charge in [0.2, 0.25) is 11.8 Å². The molecule has 0 bridgehead atoms. The fourth-order valence-corrected chi connectivity index (χ4v) is 23.4. The van der Waals surface area contributed by atoms with E-state index in [1.54, 1.807) is 0 Å². The molecule has 628 valence electrons. The molecule has 0 aromatic carbocycles. The number of fused-ring (bicyclic) bond motifs is 4. The quantitative estimate of drug-likeness (QED) is 0.0299. The second kappa shape index (κ2) is 48.7. The molecule has 18 nitrogen and oxygen atoms in total. The van der Waals surface area contributed by atoms with Crippen molar-refractivity contribution in [1.82, 2.24) is 9.80 Å². The molecule has 24 heteroatoms. The SMILES string of the molecule is CCCCCCCCCCCCCCCCCCN(C(=O)CC(C(=O)[O-])S(=O)(=O)[O-])C(COC12CC(C)CCC1C2(C)C)OC12CC(C)CCC1C2(C)C.CCCCCCCCCCCCCCCCCCN(C(=O)CC(C(=O)[O-])S(=O)(=O)[O-])C(COC12CC(C)CCC1C2(C)C)OC12CC(C)CCC1C2(C)C.[Na+].[Na+].[Na+].[Na+]. The number of carboxylic acid groups (broad SMARTS) is 2. The average molecular weight is 1650 g/mol. The Hall–Kier alpha value is 1.54. The van der Waals surface area contributed by atoms with Crippen LogP contribution in [0.5, 0.6) is 0 Å². The summed E-state index contributed by atoms with van der Waals surface area (Å²) in [5.74, 6) is -2.11. The molecule has 0 spiro atoms. The Morgan fingerprint density at radius 2 is 0.554 bits per heavy atom. The topological polar surface area (TPSA) is 272 Å². The molecule has 16 unspecified atom stereocenters. The fourth-order valence-electron chi connectivity index (χ4n) is 22.2. The van der Waals surface area contributed by atoms with Crippen LogP contribution in [0.1, 0.15) is 392 Å². The monoisotopic (exact) mass is 1650 g/mol. The van der Waals surface area contributed by atoms with E-state index in [0.29, 0.717) is 60.2 Å². The van der Waals surface area contributed by atoms with E-state index >= 15 is 0 Å². The number of carbonyl (C=O) groups excluding carboxylic acids is 4. The fraction of sp³-hybridized carbons (Fsp3) is 0.955. The molecule has 0 aromatic heterocycles. The Morgan fingerprint density at radius 3 is 0.777 bits per heavy atom. The van der Waals surface area contributed by atoms with E-state index in [-0.39, 0.29) is 177 Å². The molecule has 112 heavy (non-hydrogen) atoms. The summed E-state index contributed by atoms with van der Waals surface area (Å²) in [6, 6.07) is 0. The first-order valence-electron chi connectivity index (χ1n) is 44.4. The van der Waals surface area contributed by atoms with Crippen LogP contribution in [-0.4, -0.2) is 131 Å². The zero-order valence-electron chi connectivity index (χ0n) is 74.5. The van der Waals surface area contributed by atoms with Crippen molar-refractivity contribution in [2.24, 2.45) is 69.0 Å². The van der Waals surface area contributed by atoms with Crippen LogP contribution >= 0.6 is 0 Å². The number of nitrogens with zero attached hydrogens (tertiary/aromatic N) is 2. The Labute approximate surface area is 771 Å². The molecular formula is C88H154N2Na4O16S2. The standard InChI is InChI=1S/2C44H79NO8S.4Na/c2*1-8-9-10-11-12-13-14-15-16-17-18-19-20-21-22-23-28-45(38(46)29-35(40(47)48)54(49,50)51)39(53-44-31-34(3)25-27-37(44)42(44,6)7)32-52-43-30-33(2)24-26-36(43)41(43,4)5;;;;/h2*33-37,39H,8-32H2,1-7H3,(H,47,48)(H,49,50,51);;;;/q;;4*+1/p-4. The van der Waals surface area contributed by atoms with Crippen molar-refractivity contribution in [2.75, 3.05) is 26.3 Å². The van der Waals surface area contributed by atoms with Crippen molar-refractivity contribution >= 4 is 44.0 Å². The summed E-state index contributed by atoms with van der Waals surface area (Å²) in [6.45, 7) is 32.3. The summed E-state index contributed by atoms with van der Waals surface area (Å²) in [5.41, 5.74) is -1.80. The molecule has 8 aliphatic rings. The molecule has 8 rings (SSSR count). The molecule has 8 aliphatic carbocycles. The third kappa shape index (κ3) is 28.3. The largest absolute Gasteiger partial charge is 1.00 e. The molecular weight excluding hydrogens is 1500 g/mol. The van der Waals surface area contributed by atoms with E-state index in [4.69, 9.17) is 18.9 Å². The minimum atomic E-state index is -5.31. The Balaban J connectivity index is 0.000000560. The van der Waals surface area contributed by atoms with Gasteiger partial charge in [-0.3, -0.25) is 9.59 Å². The predicted octanol–water partition coefficient (Wildman–Crippen LogP) is 5.85. The van der Waals surface area contributed by atoms with Crippen molar-refractivity contribution in [3.05, 3.63) is 0 Å². The van der Waals surface area contributed by atoms with Gasteiger partial charge < -0.3 is 57.7 Å². The van der Waals surface area contributed by atoms with Crippen LogP contribution < -0.4 is 128 Å². The van der Waals surface area contributed by atoms with Crippen LogP contribution in [0.15, 0.2) is 0 Å². The number of unbranched alkanes of at least 4 members (excludes halogenated alkanes) is 30. The van der Waals surface area contributed by atoms with Crippen LogP contribution in [0, 0.1) is 69.0 Å². The van der Waals surface area contributed by atoms with Crippen molar-refractivity contribution in [2.45, 2.75) is 438 Å². The summed E-state index contributed by atoms with van der Waals surface area (Å²) in [4.78, 5) is 55.0. The van der Waals surface area contributed by atoms with E-state index in [2.05, 4.69) is 96.9 Å². The maximum Gasteiger partial charge on any atom is 1.00 e. The Kier molecular flexibility index (Phi) is 46.8. The molecule has 2 amide bonds. The van der Waals surface area contributed by atoms with Gasteiger partial charge >= 0.3 is 118 Å². The Morgan fingerprint density at radius 1 is 0.348 bits per heavy atom. The predicted molar refractivity (Wildman–Crippen MR) is 422 cm³/mol. The van der Waals surface area contributed by atoms with Crippen LogP contribution in [0.25, 0.3) is 0 Å². The number of aliphatic carboxylic acids is 2. The third-order valence-corrected chi connectivity index (χ3v) is 31.7. The zero-order chi connectivity index (χ0) is 79.6. The Bertz CT molecular complexity index is 2860. The maximum atomic E-state index is 14.1. The van der Waals surface area contributed by atoms with Gasteiger partial charge in [0.25, 0.3) is 0 Å². The molecule has 0 saturated heterocycles. The number of amides is 2. The minimum absolute atomic E-state index is 0. The van der Waals surface area contributed by atoms with Gasteiger partial charge in [-0.05, 0) is 133 Å². The van der Waals surface area contributed by atoms with Gasteiger partial charge in [-0.25, -0.2) is 16.8 Å². The third-order valence-electron chi connectivity index (χ3n) is 29.6. The number of hydrogen-bond donors (Lipinski definition) is 0. The van der Waals surface area contributed by atoms with Crippen molar-refractivity contribution < 1.29 is 193 Å². The molecule has 0 heterocycles. The molecule has 16 atom stereocenters. The number of ether oxygens (including phenoxy) is 4. The van der Waals surface area contributed by atoms with Gasteiger partial charge in [0.1, 0.15) is 20.2 Å². The van der Waals surface area contributed by atoms with Gasteiger partial charge in [0, 0.05) is 25.9 Å². The van der Waals surface area contributed by atoms with Crippen LogP contribution in [0.3, 0.4) is 0 Å². The average Bonchev–Trinajstić information content (AvgIpc) is 1.53. The number of rotatable bonds is 54. The van der Waals surface area contributed by atoms with Crippen LogP contribution in [0.2, 0.25) is 0 Å². The van der Waals surface area contributed by atoms with E-state index in [1.165, 1.54) is 164 Å². The van der Waals surface area contributed by atoms with E-state index in [9.17, 15) is 55.3 Å². The first-order chi connectivity index (χ1) is 50.9. The van der Waals surface area contributed by atoms with E-state index in [0.717, 1.165) is 116 Å². The van der Waals surface area contributed by atoms with Crippen molar-refractivity contribution in [3.8, 4) is 0 Å². The normalized spacial score (nSPS) is 29.4. The number of carbonyl (C=O) groups is 4. The second-order valence-corrected chi connectivity index (χ2v) is 41.9. The molecule has 0 radical (unpaired) electrons. The summed E-state index contributed by atoms with van der Waals surface area (Å²) in [7, 11) is -10.6. The van der Waals surface area contributed by atoms with Crippen molar-refractivity contribution in [3.63, 3.8) is 0 Å². The van der Waals surface area contributed by atoms with Crippen LogP contribution in [0.4, 0.5) is 0 Å². The second-order valence-electron chi connectivity index (χ2n) is 38.8. The zero-order valence-corrected chi connectivity index (χ0v) is 84.2. The van der Waals surface area contributed by atoms with Gasteiger partial charge in [-0.2, -0.15) is 0 Å². The smallest absolute Gasteiger partial charge is 0.747 e. The van der Waals surface area contributed by atoms with Gasteiger partial charge in [0.15, 0.2) is 12.5 Å².